The van der Waals surface area contributed by atoms with Crippen LogP contribution in [0, 0.1) is 5.92 Å². The van der Waals surface area contributed by atoms with Gasteiger partial charge in [0.25, 0.3) is 11.2 Å². The molecule has 0 radical (unpaired) electrons. The molecule has 1 aliphatic rings. The van der Waals surface area contributed by atoms with Gasteiger partial charge in [-0.3, -0.25) is 0 Å². The fourth-order valence-electron chi connectivity index (χ4n) is 3.14. The van der Waals surface area contributed by atoms with Crippen molar-refractivity contribution >= 4 is 11.9 Å². The SMILES string of the molecule is CCOC(=O)[C@@](O)([C@H]1CCCC=C1C[C@](O)(C(=O)OCC)C(F)(F)F)C(F)(F)F. The molecule has 0 aliphatic heterocycles. The molecule has 0 fully saturated rings. The van der Waals surface area contributed by atoms with Crippen LogP contribution in [-0.4, -0.2) is 58.9 Å². The smallest absolute Gasteiger partial charge is 0.428 e. The summed E-state index contributed by atoms with van der Waals surface area (Å²) >= 11 is 0. The van der Waals surface area contributed by atoms with Gasteiger partial charge in [0.2, 0.25) is 0 Å². The van der Waals surface area contributed by atoms with Gasteiger partial charge in [-0.15, -0.1) is 0 Å². The molecule has 0 aromatic heterocycles. The fraction of sp³-hybridized carbons (Fsp3) is 0.765. The van der Waals surface area contributed by atoms with E-state index in [2.05, 4.69) is 9.47 Å². The lowest BCUT2D eigenvalue weighted by Crippen LogP contribution is -2.60. The molecule has 6 nitrogen and oxygen atoms in total. The van der Waals surface area contributed by atoms with Gasteiger partial charge in [0.1, 0.15) is 0 Å². The van der Waals surface area contributed by atoms with Crippen LogP contribution in [0.25, 0.3) is 0 Å². The minimum absolute atomic E-state index is 0.0236. The van der Waals surface area contributed by atoms with E-state index in [1.165, 1.54) is 13.8 Å². The molecule has 0 unspecified atom stereocenters. The first-order chi connectivity index (χ1) is 13.2. The summed E-state index contributed by atoms with van der Waals surface area (Å²) in [7, 11) is 0. The first-order valence-corrected chi connectivity index (χ1v) is 8.78. The summed E-state index contributed by atoms with van der Waals surface area (Å²) in [5.74, 6) is -6.35. The van der Waals surface area contributed by atoms with Crippen LogP contribution < -0.4 is 0 Å². The molecule has 168 valence electrons. The Morgan fingerprint density at radius 2 is 1.52 bits per heavy atom. The molecule has 2 N–H and O–H groups in total. The van der Waals surface area contributed by atoms with E-state index in [1.54, 1.807) is 0 Å². The standard InChI is InChI=1S/C17H22F6O6/c1-3-28-12(24)14(26,16(18,19)20)9-10-7-5-6-8-11(10)15(27,17(21,22)23)13(25)29-4-2/h7,11,26-27H,3-6,8-9H2,1-2H3/t11-,14-,15-/m0/s1. The lowest BCUT2D eigenvalue weighted by molar-refractivity contribution is -0.279. The highest BCUT2D eigenvalue weighted by molar-refractivity contribution is 5.83. The third-order valence-electron chi connectivity index (χ3n) is 4.62. The molecule has 1 aliphatic carbocycles. The van der Waals surface area contributed by atoms with Gasteiger partial charge < -0.3 is 19.7 Å². The summed E-state index contributed by atoms with van der Waals surface area (Å²) in [6, 6.07) is 0. The number of alkyl halides is 6. The van der Waals surface area contributed by atoms with Crippen molar-refractivity contribution in [2.24, 2.45) is 5.92 Å². The third kappa shape index (κ3) is 4.85. The van der Waals surface area contributed by atoms with Crippen LogP contribution in [0.5, 0.6) is 0 Å². The van der Waals surface area contributed by atoms with Gasteiger partial charge in [0.15, 0.2) is 0 Å². The Balaban J connectivity index is 3.46. The Kier molecular flexibility index (Phi) is 7.74. The lowest BCUT2D eigenvalue weighted by Gasteiger charge is -2.40. The van der Waals surface area contributed by atoms with Crippen LogP contribution in [0.2, 0.25) is 0 Å². The Labute approximate surface area is 162 Å². The molecule has 29 heavy (non-hydrogen) atoms. The van der Waals surface area contributed by atoms with Crippen LogP contribution in [0.4, 0.5) is 26.3 Å². The van der Waals surface area contributed by atoms with E-state index in [9.17, 15) is 46.1 Å². The zero-order valence-corrected chi connectivity index (χ0v) is 15.7. The summed E-state index contributed by atoms with van der Waals surface area (Å²) in [6.45, 7) is 1.34. The van der Waals surface area contributed by atoms with Gasteiger partial charge in [-0.25, -0.2) is 9.59 Å². The minimum atomic E-state index is -5.58. The number of halogens is 6. The molecule has 0 amide bonds. The molecule has 3 atom stereocenters. The summed E-state index contributed by atoms with van der Waals surface area (Å²) in [5, 5.41) is 20.3. The minimum Gasteiger partial charge on any atom is -0.464 e. The van der Waals surface area contributed by atoms with E-state index in [4.69, 9.17) is 0 Å². The monoisotopic (exact) mass is 436 g/mol. The van der Waals surface area contributed by atoms with Crippen molar-refractivity contribution in [1.29, 1.82) is 0 Å². The molecule has 12 heteroatoms. The molecule has 0 aromatic rings. The van der Waals surface area contributed by atoms with Gasteiger partial charge >= 0.3 is 24.3 Å². The molecular formula is C17H22F6O6. The van der Waals surface area contributed by atoms with Gasteiger partial charge in [-0.2, -0.15) is 26.3 Å². The number of carbonyl (C=O) groups is 2. The Morgan fingerprint density at radius 3 is 1.97 bits per heavy atom. The van der Waals surface area contributed by atoms with E-state index in [1.807, 2.05) is 0 Å². The highest BCUT2D eigenvalue weighted by Crippen LogP contribution is 2.48. The number of ether oxygens (including phenoxy) is 2. The molecular weight excluding hydrogens is 414 g/mol. The second kappa shape index (κ2) is 8.90. The molecule has 0 heterocycles. The van der Waals surface area contributed by atoms with E-state index in [0.717, 1.165) is 6.08 Å². The molecule has 0 spiro atoms. The number of aliphatic hydroxyl groups is 2. The van der Waals surface area contributed by atoms with Crippen molar-refractivity contribution in [1.82, 2.24) is 0 Å². The fourth-order valence-corrected chi connectivity index (χ4v) is 3.14. The summed E-state index contributed by atoms with van der Waals surface area (Å²) < 4.78 is 89.7. The van der Waals surface area contributed by atoms with E-state index in [0.29, 0.717) is 0 Å². The van der Waals surface area contributed by atoms with Crippen molar-refractivity contribution < 1.29 is 55.6 Å². The Bertz CT molecular complexity index is 643. The maximum Gasteiger partial charge on any atom is 0.428 e. The molecule has 0 saturated carbocycles. The highest BCUT2D eigenvalue weighted by Gasteiger charge is 2.68. The summed E-state index contributed by atoms with van der Waals surface area (Å²) in [4.78, 5) is 23.7. The topological polar surface area (TPSA) is 93.1 Å². The number of hydrogen-bond acceptors (Lipinski definition) is 6. The molecule has 1 rings (SSSR count). The normalized spacial score (nSPS) is 22.1. The lowest BCUT2D eigenvalue weighted by atomic mass is 9.71. The number of carbonyl (C=O) groups excluding carboxylic acids is 2. The van der Waals surface area contributed by atoms with Crippen molar-refractivity contribution in [3.8, 4) is 0 Å². The number of esters is 2. The predicted molar refractivity (Wildman–Crippen MR) is 85.3 cm³/mol. The highest BCUT2D eigenvalue weighted by atomic mass is 19.4. The zero-order valence-electron chi connectivity index (χ0n) is 15.7. The second-order valence-electron chi connectivity index (χ2n) is 6.50. The number of allylic oxidation sites excluding steroid dienone is 1. The second-order valence-corrected chi connectivity index (χ2v) is 6.50. The van der Waals surface area contributed by atoms with E-state index < -0.39 is 73.0 Å². The van der Waals surface area contributed by atoms with Crippen molar-refractivity contribution in [2.75, 3.05) is 13.2 Å². The van der Waals surface area contributed by atoms with Gasteiger partial charge in [0.05, 0.1) is 13.2 Å². The molecule has 0 saturated heterocycles. The molecule has 0 bridgehead atoms. The molecule has 0 aromatic carbocycles. The average molecular weight is 436 g/mol. The maximum absolute atomic E-state index is 13.6. The van der Waals surface area contributed by atoms with Crippen molar-refractivity contribution in [3.63, 3.8) is 0 Å². The van der Waals surface area contributed by atoms with Crippen molar-refractivity contribution in [3.05, 3.63) is 11.6 Å². The van der Waals surface area contributed by atoms with Gasteiger partial charge in [-0.05, 0) is 33.1 Å². The Morgan fingerprint density at radius 1 is 1.00 bits per heavy atom. The van der Waals surface area contributed by atoms with Gasteiger partial charge in [-0.1, -0.05) is 11.6 Å². The first kappa shape index (κ1) is 25.2. The maximum atomic E-state index is 13.6. The van der Waals surface area contributed by atoms with Crippen LogP contribution in [0.15, 0.2) is 11.6 Å². The Hall–Kier alpha value is -1.82. The third-order valence-corrected chi connectivity index (χ3v) is 4.62. The summed E-state index contributed by atoms with van der Waals surface area (Å²) in [6.07, 6.45) is -12.3. The zero-order chi connectivity index (χ0) is 22.7. The number of hydrogen-bond donors (Lipinski definition) is 2. The average Bonchev–Trinajstić information content (AvgIpc) is 2.59. The first-order valence-electron chi connectivity index (χ1n) is 8.78. The van der Waals surface area contributed by atoms with Gasteiger partial charge in [0, 0.05) is 12.3 Å². The van der Waals surface area contributed by atoms with Crippen molar-refractivity contribution in [2.45, 2.75) is 63.1 Å². The quantitative estimate of drug-likeness (QED) is 0.362. The van der Waals surface area contributed by atoms with E-state index in [-0.39, 0.29) is 12.8 Å². The predicted octanol–water partition coefficient (Wildman–Crippen LogP) is 2.82. The van der Waals surface area contributed by atoms with Crippen LogP contribution >= 0.6 is 0 Å². The van der Waals surface area contributed by atoms with Crippen LogP contribution in [-0.2, 0) is 19.1 Å². The van der Waals surface area contributed by atoms with E-state index >= 15 is 0 Å². The summed E-state index contributed by atoms with van der Waals surface area (Å²) in [5.41, 5.74) is -9.03. The largest absolute Gasteiger partial charge is 0.464 e. The number of rotatable bonds is 7. The van der Waals surface area contributed by atoms with Crippen LogP contribution in [0.3, 0.4) is 0 Å². The van der Waals surface area contributed by atoms with Crippen LogP contribution in [0.1, 0.15) is 39.5 Å².